The fraction of sp³-hybridized carbons (Fsp3) is 0.588. The summed E-state index contributed by atoms with van der Waals surface area (Å²) in [7, 11) is 0. The number of rotatable bonds is 6. The SMILES string of the molecule is CCC1(CNCC(C#N)c2ccccc2)CCCC1. The van der Waals surface area contributed by atoms with E-state index in [2.05, 4.69) is 18.3 Å². The zero-order valence-electron chi connectivity index (χ0n) is 11.9. The van der Waals surface area contributed by atoms with Crippen LogP contribution < -0.4 is 5.32 Å². The largest absolute Gasteiger partial charge is 0.315 e. The van der Waals surface area contributed by atoms with Crippen LogP contribution in [0.1, 0.15) is 50.5 Å². The van der Waals surface area contributed by atoms with Crippen molar-refractivity contribution in [2.45, 2.75) is 44.9 Å². The third-order valence-corrected chi connectivity index (χ3v) is 4.62. The summed E-state index contributed by atoms with van der Waals surface area (Å²) in [5, 5.41) is 12.8. The molecule has 0 bridgehead atoms. The first-order chi connectivity index (χ1) is 9.29. The lowest BCUT2D eigenvalue weighted by atomic mass is 9.83. The minimum Gasteiger partial charge on any atom is -0.315 e. The maximum absolute atomic E-state index is 9.30. The Morgan fingerprint density at radius 1 is 1.26 bits per heavy atom. The molecule has 2 rings (SSSR count). The molecule has 2 nitrogen and oxygen atoms in total. The number of nitrogens with zero attached hydrogens (tertiary/aromatic N) is 1. The van der Waals surface area contributed by atoms with Gasteiger partial charge in [-0.25, -0.2) is 0 Å². The van der Waals surface area contributed by atoms with E-state index in [0.717, 1.165) is 18.7 Å². The average Bonchev–Trinajstić information content (AvgIpc) is 2.94. The van der Waals surface area contributed by atoms with Gasteiger partial charge in [0, 0.05) is 13.1 Å². The molecule has 0 amide bonds. The van der Waals surface area contributed by atoms with Crippen LogP contribution in [0.2, 0.25) is 0 Å². The van der Waals surface area contributed by atoms with E-state index in [1.807, 2.05) is 30.3 Å². The van der Waals surface area contributed by atoms with Gasteiger partial charge in [0.1, 0.15) is 0 Å². The fourth-order valence-corrected chi connectivity index (χ4v) is 3.19. The molecular weight excluding hydrogens is 232 g/mol. The van der Waals surface area contributed by atoms with Gasteiger partial charge >= 0.3 is 0 Å². The molecule has 19 heavy (non-hydrogen) atoms. The Labute approximate surface area is 116 Å². The quantitative estimate of drug-likeness (QED) is 0.839. The summed E-state index contributed by atoms with van der Waals surface area (Å²) < 4.78 is 0. The molecule has 0 saturated heterocycles. The minimum atomic E-state index is -0.0310. The normalized spacial score (nSPS) is 18.9. The molecule has 0 spiro atoms. The Bertz CT molecular complexity index is 413. The third-order valence-electron chi connectivity index (χ3n) is 4.62. The Morgan fingerprint density at radius 2 is 1.95 bits per heavy atom. The zero-order chi connectivity index (χ0) is 13.6. The summed E-state index contributed by atoms with van der Waals surface area (Å²) in [4.78, 5) is 0. The second-order valence-electron chi connectivity index (χ2n) is 5.78. The van der Waals surface area contributed by atoms with E-state index in [1.54, 1.807) is 0 Å². The Morgan fingerprint density at radius 3 is 2.53 bits per heavy atom. The molecule has 1 fully saturated rings. The van der Waals surface area contributed by atoms with E-state index < -0.39 is 0 Å². The van der Waals surface area contributed by atoms with Crippen molar-refractivity contribution in [3.05, 3.63) is 35.9 Å². The molecule has 1 aromatic carbocycles. The minimum absolute atomic E-state index is 0.0310. The Hall–Kier alpha value is -1.33. The van der Waals surface area contributed by atoms with Gasteiger partial charge in [0.25, 0.3) is 0 Å². The molecule has 102 valence electrons. The number of nitriles is 1. The predicted molar refractivity (Wildman–Crippen MR) is 78.9 cm³/mol. The number of hydrogen-bond acceptors (Lipinski definition) is 2. The molecule has 0 heterocycles. The van der Waals surface area contributed by atoms with Crippen LogP contribution in [0.3, 0.4) is 0 Å². The molecule has 1 unspecified atom stereocenters. The van der Waals surface area contributed by atoms with Gasteiger partial charge in [-0.15, -0.1) is 0 Å². The molecule has 1 aromatic rings. The molecule has 1 saturated carbocycles. The van der Waals surface area contributed by atoms with Gasteiger partial charge in [-0.05, 0) is 30.2 Å². The smallest absolute Gasteiger partial charge is 0.0837 e. The van der Waals surface area contributed by atoms with Crippen LogP contribution in [0, 0.1) is 16.7 Å². The summed E-state index contributed by atoms with van der Waals surface area (Å²) in [6, 6.07) is 12.5. The van der Waals surface area contributed by atoms with E-state index in [4.69, 9.17) is 0 Å². The first-order valence-electron chi connectivity index (χ1n) is 7.45. The molecule has 1 aliphatic rings. The number of nitrogens with one attached hydrogen (secondary N) is 1. The summed E-state index contributed by atoms with van der Waals surface area (Å²) in [6.07, 6.45) is 6.69. The molecule has 2 heteroatoms. The van der Waals surface area contributed by atoms with Gasteiger partial charge < -0.3 is 5.32 Å². The van der Waals surface area contributed by atoms with Crippen LogP contribution in [0.25, 0.3) is 0 Å². The lowest BCUT2D eigenvalue weighted by molar-refractivity contribution is 0.268. The van der Waals surface area contributed by atoms with Crippen LogP contribution in [0.4, 0.5) is 0 Å². The highest BCUT2D eigenvalue weighted by Crippen LogP contribution is 2.40. The number of hydrogen-bond donors (Lipinski definition) is 1. The van der Waals surface area contributed by atoms with Crippen LogP contribution in [0.15, 0.2) is 30.3 Å². The van der Waals surface area contributed by atoms with Gasteiger partial charge in [-0.3, -0.25) is 0 Å². The fourth-order valence-electron chi connectivity index (χ4n) is 3.19. The van der Waals surface area contributed by atoms with Crippen molar-refractivity contribution in [1.29, 1.82) is 5.26 Å². The van der Waals surface area contributed by atoms with Crippen LogP contribution >= 0.6 is 0 Å². The van der Waals surface area contributed by atoms with Crippen molar-refractivity contribution in [3.8, 4) is 6.07 Å². The highest BCUT2D eigenvalue weighted by molar-refractivity contribution is 5.25. The predicted octanol–water partition coefficient (Wildman–Crippen LogP) is 3.85. The van der Waals surface area contributed by atoms with Crippen molar-refractivity contribution >= 4 is 0 Å². The molecular formula is C17H24N2. The van der Waals surface area contributed by atoms with Crippen LogP contribution in [0.5, 0.6) is 0 Å². The molecule has 1 N–H and O–H groups in total. The third kappa shape index (κ3) is 3.58. The number of benzene rings is 1. The van der Waals surface area contributed by atoms with Crippen LogP contribution in [-0.4, -0.2) is 13.1 Å². The zero-order valence-corrected chi connectivity index (χ0v) is 11.9. The maximum atomic E-state index is 9.30. The first-order valence-corrected chi connectivity index (χ1v) is 7.45. The highest BCUT2D eigenvalue weighted by Gasteiger charge is 2.31. The monoisotopic (exact) mass is 256 g/mol. The second kappa shape index (κ2) is 6.73. The van der Waals surface area contributed by atoms with E-state index in [9.17, 15) is 5.26 Å². The van der Waals surface area contributed by atoms with E-state index in [0.29, 0.717) is 5.41 Å². The summed E-state index contributed by atoms with van der Waals surface area (Å²) in [5.74, 6) is -0.0310. The Kier molecular flexibility index (Phi) is 4.99. The molecule has 0 aliphatic heterocycles. The molecule has 1 aliphatic carbocycles. The average molecular weight is 256 g/mol. The topological polar surface area (TPSA) is 35.8 Å². The van der Waals surface area contributed by atoms with Gasteiger partial charge in [0.2, 0.25) is 0 Å². The van der Waals surface area contributed by atoms with Crippen LogP contribution in [-0.2, 0) is 0 Å². The van der Waals surface area contributed by atoms with Gasteiger partial charge in [-0.1, -0.05) is 50.1 Å². The van der Waals surface area contributed by atoms with Gasteiger partial charge in [-0.2, -0.15) is 5.26 Å². The molecule has 1 atom stereocenters. The lowest BCUT2D eigenvalue weighted by Crippen LogP contribution is -2.33. The summed E-state index contributed by atoms with van der Waals surface area (Å²) >= 11 is 0. The van der Waals surface area contributed by atoms with Crippen molar-refractivity contribution in [3.63, 3.8) is 0 Å². The van der Waals surface area contributed by atoms with E-state index in [1.165, 1.54) is 32.1 Å². The molecule has 0 radical (unpaired) electrons. The van der Waals surface area contributed by atoms with Crippen molar-refractivity contribution < 1.29 is 0 Å². The van der Waals surface area contributed by atoms with E-state index in [-0.39, 0.29) is 5.92 Å². The summed E-state index contributed by atoms with van der Waals surface area (Å²) in [5.41, 5.74) is 1.62. The van der Waals surface area contributed by atoms with Gasteiger partial charge in [0.05, 0.1) is 12.0 Å². The first kappa shape index (κ1) is 14.1. The lowest BCUT2D eigenvalue weighted by Gasteiger charge is -2.28. The molecule has 0 aromatic heterocycles. The van der Waals surface area contributed by atoms with E-state index >= 15 is 0 Å². The van der Waals surface area contributed by atoms with Gasteiger partial charge in [0.15, 0.2) is 0 Å². The summed E-state index contributed by atoms with van der Waals surface area (Å²) in [6.45, 7) is 4.13. The Balaban J connectivity index is 1.86. The van der Waals surface area contributed by atoms with Crippen molar-refractivity contribution in [2.24, 2.45) is 5.41 Å². The van der Waals surface area contributed by atoms with Crippen molar-refractivity contribution in [2.75, 3.05) is 13.1 Å². The second-order valence-corrected chi connectivity index (χ2v) is 5.78. The maximum Gasteiger partial charge on any atom is 0.0837 e. The highest BCUT2D eigenvalue weighted by atomic mass is 14.9. The van der Waals surface area contributed by atoms with Crippen molar-refractivity contribution in [1.82, 2.24) is 5.32 Å². The standard InChI is InChI=1S/C17H24N2/c1-2-17(10-6-7-11-17)14-19-13-16(12-18)15-8-4-3-5-9-15/h3-5,8-9,16,19H,2,6-7,10-11,13-14H2,1H3.